The smallest absolute Gasteiger partial charge is 0.292 e. The van der Waals surface area contributed by atoms with Gasteiger partial charge in [0.1, 0.15) is 18.0 Å². The molecular weight excluding hydrogens is 314 g/mol. The van der Waals surface area contributed by atoms with Crippen LogP contribution in [-0.4, -0.2) is 24.7 Å². The fraction of sp³-hybridized carbons (Fsp3) is 0.222. The number of alkyl halides is 1. The largest absolute Gasteiger partial charge is 0.462 e. The Bertz CT molecular complexity index is 780. The van der Waals surface area contributed by atoms with Crippen LogP contribution >= 0.6 is 0 Å². The van der Waals surface area contributed by atoms with E-state index in [-0.39, 0.29) is 18.2 Å². The van der Waals surface area contributed by atoms with Crippen molar-refractivity contribution < 1.29 is 18.3 Å². The number of carbonyl (C=O) groups is 1. The van der Waals surface area contributed by atoms with Gasteiger partial charge in [0, 0.05) is 11.1 Å². The van der Waals surface area contributed by atoms with E-state index in [4.69, 9.17) is 4.74 Å². The third kappa shape index (κ3) is 2.99. The summed E-state index contributed by atoms with van der Waals surface area (Å²) in [5, 5.41) is 2.50. The van der Waals surface area contributed by atoms with Crippen molar-refractivity contribution in [3.63, 3.8) is 0 Å². The number of carbonyl (C=O) groups excluding carboxylic acids is 1. The van der Waals surface area contributed by atoms with Crippen LogP contribution in [-0.2, 0) is 10.3 Å². The molecule has 1 heterocycles. The monoisotopic (exact) mass is 330 g/mol. The molecule has 24 heavy (non-hydrogen) atoms. The molecule has 2 aromatic carbocycles. The van der Waals surface area contributed by atoms with Gasteiger partial charge in [-0.1, -0.05) is 36.4 Å². The Hall–Kier alpha value is -2.76. The van der Waals surface area contributed by atoms with Crippen molar-refractivity contribution in [3.8, 4) is 0 Å². The molecule has 124 valence electrons. The number of nitrogens with zero attached hydrogens (tertiary/aromatic N) is 1. The van der Waals surface area contributed by atoms with Crippen molar-refractivity contribution in [1.82, 2.24) is 5.32 Å². The number of rotatable bonds is 2. The lowest BCUT2D eigenvalue weighted by Crippen LogP contribution is -2.46. The lowest BCUT2D eigenvalue weighted by atomic mass is 9.87. The lowest BCUT2D eigenvalue weighted by Gasteiger charge is -2.34. The standard InChI is InChI=1S/C18H16F2N2O2/c1-18(13-9-5-6-10-14(13)19)15(20)11-24-17(22-18)21-16(23)12-7-3-2-4-8-12/h2-10,15H,11H2,1H3,(H,21,22,23)/t15-,18+/m0/s1. The highest BCUT2D eigenvalue weighted by atomic mass is 19.1. The second-order valence-corrected chi connectivity index (χ2v) is 5.64. The van der Waals surface area contributed by atoms with Crippen LogP contribution in [0.3, 0.4) is 0 Å². The maximum atomic E-state index is 14.4. The number of hydrogen-bond donors (Lipinski definition) is 1. The summed E-state index contributed by atoms with van der Waals surface area (Å²) in [5.74, 6) is -0.982. The van der Waals surface area contributed by atoms with E-state index in [1.165, 1.54) is 25.1 Å². The highest BCUT2D eigenvalue weighted by Crippen LogP contribution is 2.35. The minimum atomic E-state index is -1.54. The average molecular weight is 330 g/mol. The lowest BCUT2D eigenvalue weighted by molar-refractivity contribution is 0.0820. The Morgan fingerprint density at radius 2 is 1.88 bits per heavy atom. The molecule has 3 rings (SSSR count). The van der Waals surface area contributed by atoms with Crippen molar-refractivity contribution in [3.05, 3.63) is 71.5 Å². The molecule has 1 aliphatic rings. The zero-order valence-corrected chi connectivity index (χ0v) is 13.0. The first-order valence-electron chi connectivity index (χ1n) is 7.49. The Morgan fingerprint density at radius 3 is 2.58 bits per heavy atom. The van der Waals surface area contributed by atoms with E-state index >= 15 is 0 Å². The van der Waals surface area contributed by atoms with Crippen LogP contribution in [0.25, 0.3) is 0 Å². The zero-order valence-electron chi connectivity index (χ0n) is 13.0. The topological polar surface area (TPSA) is 50.7 Å². The molecule has 0 bridgehead atoms. The first-order valence-corrected chi connectivity index (χ1v) is 7.49. The number of aliphatic imine (C=N–C) groups is 1. The molecule has 1 amide bonds. The molecular formula is C18H16F2N2O2. The van der Waals surface area contributed by atoms with Gasteiger partial charge < -0.3 is 4.74 Å². The third-order valence-corrected chi connectivity index (χ3v) is 3.99. The van der Waals surface area contributed by atoms with Gasteiger partial charge in [0.2, 0.25) is 0 Å². The van der Waals surface area contributed by atoms with Gasteiger partial charge in [-0.05, 0) is 25.1 Å². The second kappa shape index (κ2) is 6.39. The predicted octanol–water partition coefficient (Wildman–Crippen LogP) is 3.20. The third-order valence-electron chi connectivity index (χ3n) is 3.99. The van der Waals surface area contributed by atoms with Crippen LogP contribution in [0.4, 0.5) is 8.78 Å². The number of amides is 1. The van der Waals surface area contributed by atoms with E-state index < -0.39 is 23.4 Å². The maximum Gasteiger partial charge on any atom is 0.292 e. The zero-order chi connectivity index (χ0) is 17.2. The average Bonchev–Trinajstić information content (AvgIpc) is 2.59. The van der Waals surface area contributed by atoms with Crippen molar-refractivity contribution >= 4 is 11.9 Å². The maximum absolute atomic E-state index is 14.4. The van der Waals surface area contributed by atoms with Gasteiger partial charge in [0.15, 0.2) is 6.17 Å². The van der Waals surface area contributed by atoms with Crippen LogP contribution in [0.5, 0.6) is 0 Å². The van der Waals surface area contributed by atoms with Crippen molar-refractivity contribution in [2.45, 2.75) is 18.6 Å². The molecule has 0 aliphatic carbocycles. The quantitative estimate of drug-likeness (QED) is 0.919. The van der Waals surface area contributed by atoms with Crippen molar-refractivity contribution in [1.29, 1.82) is 0 Å². The number of benzene rings is 2. The van der Waals surface area contributed by atoms with Crippen molar-refractivity contribution in [2.24, 2.45) is 4.99 Å². The van der Waals surface area contributed by atoms with Gasteiger partial charge in [-0.2, -0.15) is 0 Å². The van der Waals surface area contributed by atoms with Gasteiger partial charge >= 0.3 is 0 Å². The molecule has 2 atom stereocenters. The fourth-order valence-electron chi connectivity index (χ4n) is 2.55. The normalized spacial score (nSPS) is 23.1. The fourth-order valence-corrected chi connectivity index (χ4v) is 2.55. The summed E-state index contributed by atoms with van der Waals surface area (Å²) in [4.78, 5) is 16.3. The Morgan fingerprint density at radius 1 is 1.21 bits per heavy atom. The van der Waals surface area contributed by atoms with Crippen LogP contribution < -0.4 is 5.32 Å². The summed E-state index contributed by atoms with van der Waals surface area (Å²) in [7, 11) is 0. The second-order valence-electron chi connectivity index (χ2n) is 5.64. The highest BCUT2D eigenvalue weighted by Gasteiger charge is 2.42. The molecule has 0 saturated heterocycles. The Kier molecular flexibility index (Phi) is 4.29. The summed E-state index contributed by atoms with van der Waals surface area (Å²) in [6.07, 6.45) is -1.54. The minimum absolute atomic E-state index is 0.118. The SMILES string of the molecule is C[C@]1(c2ccccc2F)N=C(NC(=O)c2ccccc2)OC[C@@H]1F. The number of halogens is 2. The number of hydrogen-bond acceptors (Lipinski definition) is 3. The summed E-state index contributed by atoms with van der Waals surface area (Å²) >= 11 is 0. The summed E-state index contributed by atoms with van der Waals surface area (Å²) < 4.78 is 33.7. The minimum Gasteiger partial charge on any atom is -0.462 e. The van der Waals surface area contributed by atoms with Crippen molar-refractivity contribution in [2.75, 3.05) is 6.61 Å². The molecule has 2 aromatic rings. The molecule has 0 unspecified atom stereocenters. The first kappa shape index (κ1) is 16.1. The van der Waals surface area contributed by atoms with Crippen LogP contribution in [0.2, 0.25) is 0 Å². The number of nitrogens with one attached hydrogen (secondary N) is 1. The molecule has 1 aliphatic heterocycles. The summed E-state index contributed by atoms with van der Waals surface area (Å²) in [6, 6.07) is 14.2. The summed E-state index contributed by atoms with van der Waals surface area (Å²) in [6.45, 7) is 1.16. The highest BCUT2D eigenvalue weighted by molar-refractivity contribution is 6.04. The molecule has 0 aromatic heterocycles. The molecule has 0 saturated carbocycles. The van der Waals surface area contributed by atoms with Crippen LogP contribution in [0.1, 0.15) is 22.8 Å². The molecule has 0 spiro atoms. The van der Waals surface area contributed by atoms with Gasteiger partial charge in [-0.3, -0.25) is 10.1 Å². The molecule has 0 fully saturated rings. The van der Waals surface area contributed by atoms with Gasteiger partial charge in [0.05, 0.1) is 0 Å². The summed E-state index contributed by atoms with van der Waals surface area (Å²) in [5.41, 5.74) is -0.936. The first-order chi connectivity index (χ1) is 11.5. The van der Waals surface area contributed by atoms with Gasteiger partial charge in [0.25, 0.3) is 11.9 Å². The number of amidine groups is 1. The molecule has 1 N–H and O–H groups in total. The van der Waals surface area contributed by atoms with E-state index in [2.05, 4.69) is 10.3 Å². The molecule has 0 radical (unpaired) electrons. The molecule has 4 nitrogen and oxygen atoms in total. The van der Waals surface area contributed by atoms with Crippen LogP contribution in [0.15, 0.2) is 59.6 Å². The van der Waals surface area contributed by atoms with E-state index in [0.717, 1.165) is 0 Å². The van der Waals surface area contributed by atoms with Gasteiger partial charge in [-0.15, -0.1) is 0 Å². The van der Waals surface area contributed by atoms with E-state index in [0.29, 0.717) is 5.56 Å². The van der Waals surface area contributed by atoms with E-state index in [9.17, 15) is 13.6 Å². The Labute approximate surface area is 138 Å². The molecule has 6 heteroatoms. The Balaban J connectivity index is 1.90. The van der Waals surface area contributed by atoms with E-state index in [1.807, 2.05) is 0 Å². The van der Waals surface area contributed by atoms with E-state index in [1.54, 1.807) is 36.4 Å². The predicted molar refractivity (Wildman–Crippen MR) is 85.9 cm³/mol. The van der Waals surface area contributed by atoms with Gasteiger partial charge in [-0.25, -0.2) is 13.8 Å². The number of ether oxygens (including phenoxy) is 1. The van der Waals surface area contributed by atoms with Crippen LogP contribution in [0, 0.1) is 5.82 Å².